The molecular weight excluding hydrogens is 675 g/mol. The van der Waals surface area contributed by atoms with Gasteiger partial charge in [0, 0.05) is 36.5 Å². The number of nitrogens with one attached hydrogen (secondary N) is 2. The van der Waals surface area contributed by atoms with Crippen molar-refractivity contribution in [1.29, 1.82) is 0 Å². The standard InChI is InChI=1S/C46H67N3O5/c1-33(2)28-40(47-44(53)37(22-21-35-16-9-6-10-17-35)31-39(50)20-15-27-49-25-13-8-14-26-49)42(51)32-38(30-36-18-11-7-12-19-36)45(54)48-41(29-34(3)4)43(52)46(5)23-24-46/h6-7,9-12,16-19,33-34,37-38,40-41H,8,13-15,20-32H2,1-5H3,(H,47,53)(H,48,54)/t37-,38-,40+,41+/m1/s1. The molecule has 8 heteroatoms. The summed E-state index contributed by atoms with van der Waals surface area (Å²) in [7, 11) is 0. The minimum absolute atomic E-state index is 0.0671. The van der Waals surface area contributed by atoms with Gasteiger partial charge in [-0.05, 0) is 107 Å². The third-order valence-corrected chi connectivity index (χ3v) is 11.3. The van der Waals surface area contributed by atoms with Gasteiger partial charge in [-0.2, -0.15) is 0 Å². The number of ketones is 3. The average Bonchev–Trinajstić information content (AvgIpc) is 3.91. The van der Waals surface area contributed by atoms with E-state index in [1.807, 2.05) is 95.3 Å². The molecule has 1 heterocycles. The predicted molar refractivity (Wildman–Crippen MR) is 216 cm³/mol. The van der Waals surface area contributed by atoms with Crippen LogP contribution in [-0.4, -0.2) is 65.8 Å². The van der Waals surface area contributed by atoms with Crippen LogP contribution in [-0.2, 0) is 36.8 Å². The van der Waals surface area contributed by atoms with Crippen molar-refractivity contribution in [2.45, 2.75) is 137 Å². The number of hydrogen-bond donors (Lipinski definition) is 2. The molecule has 1 aliphatic carbocycles. The molecule has 2 N–H and O–H groups in total. The van der Waals surface area contributed by atoms with E-state index >= 15 is 0 Å². The summed E-state index contributed by atoms with van der Waals surface area (Å²) in [6.45, 7) is 13.2. The Morgan fingerprint density at radius 1 is 0.704 bits per heavy atom. The molecule has 2 fully saturated rings. The van der Waals surface area contributed by atoms with E-state index in [1.54, 1.807) is 0 Å². The lowest BCUT2D eigenvalue weighted by Gasteiger charge is -2.27. The van der Waals surface area contributed by atoms with Crippen molar-refractivity contribution in [2.24, 2.45) is 29.1 Å². The van der Waals surface area contributed by atoms with Gasteiger partial charge in [0.15, 0.2) is 11.6 Å². The molecule has 8 nitrogen and oxygen atoms in total. The number of likely N-dealkylation sites (tertiary alicyclic amines) is 1. The summed E-state index contributed by atoms with van der Waals surface area (Å²) in [6.07, 6.45) is 9.10. The summed E-state index contributed by atoms with van der Waals surface area (Å²) in [4.78, 5) is 71.7. The van der Waals surface area contributed by atoms with Crippen molar-refractivity contribution < 1.29 is 24.0 Å². The quantitative estimate of drug-likeness (QED) is 0.114. The fraction of sp³-hybridized carbons (Fsp3) is 0.630. The molecule has 4 rings (SSSR count). The number of hydrogen-bond acceptors (Lipinski definition) is 6. The molecule has 2 aromatic carbocycles. The molecule has 54 heavy (non-hydrogen) atoms. The second kappa shape index (κ2) is 21.4. The van der Waals surface area contributed by atoms with Gasteiger partial charge in [-0.15, -0.1) is 0 Å². The van der Waals surface area contributed by atoms with Gasteiger partial charge in [0.1, 0.15) is 5.78 Å². The zero-order chi connectivity index (χ0) is 39.1. The van der Waals surface area contributed by atoms with Crippen LogP contribution in [0.4, 0.5) is 0 Å². The van der Waals surface area contributed by atoms with Gasteiger partial charge < -0.3 is 15.5 Å². The minimum Gasteiger partial charge on any atom is -0.346 e. The fourth-order valence-corrected chi connectivity index (χ4v) is 7.79. The Bertz CT molecular complexity index is 1500. The van der Waals surface area contributed by atoms with Crippen LogP contribution in [0.3, 0.4) is 0 Å². The van der Waals surface area contributed by atoms with Crippen LogP contribution in [0.25, 0.3) is 0 Å². The monoisotopic (exact) mass is 742 g/mol. The number of piperidine rings is 1. The van der Waals surface area contributed by atoms with Crippen LogP contribution in [0.5, 0.6) is 0 Å². The van der Waals surface area contributed by atoms with Crippen molar-refractivity contribution in [3.8, 4) is 0 Å². The first kappa shape index (κ1) is 43.1. The van der Waals surface area contributed by atoms with Crippen LogP contribution in [0.2, 0.25) is 0 Å². The molecule has 0 spiro atoms. The van der Waals surface area contributed by atoms with Gasteiger partial charge in [-0.25, -0.2) is 0 Å². The summed E-state index contributed by atoms with van der Waals surface area (Å²) >= 11 is 0. The second-order valence-electron chi connectivity index (χ2n) is 17.3. The molecule has 0 unspecified atom stereocenters. The topological polar surface area (TPSA) is 113 Å². The zero-order valence-electron chi connectivity index (χ0n) is 33.7. The lowest BCUT2D eigenvalue weighted by atomic mass is 9.87. The maximum atomic E-state index is 14.3. The van der Waals surface area contributed by atoms with Gasteiger partial charge in [-0.1, -0.05) is 102 Å². The number of carbonyl (C=O) groups excluding carboxylic acids is 5. The highest BCUT2D eigenvalue weighted by atomic mass is 16.2. The van der Waals surface area contributed by atoms with E-state index in [9.17, 15) is 24.0 Å². The molecule has 0 radical (unpaired) electrons. The van der Waals surface area contributed by atoms with E-state index in [0.717, 1.165) is 50.0 Å². The summed E-state index contributed by atoms with van der Waals surface area (Å²) in [5.41, 5.74) is 1.63. The van der Waals surface area contributed by atoms with E-state index in [4.69, 9.17) is 0 Å². The largest absolute Gasteiger partial charge is 0.346 e. The van der Waals surface area contributed by atoms with Crippen LogP contribution in [0, 0.1) is 29.1 Å². The number of aryl methyl sites for hydroxylation is 1. The van der Waals surface area contributed by atoms with E-state index in [1.165, 1.54) is 19.3 Å². The van der Waals surface area contributed by atoms with E-state index in [2.05, 4.69) is 15.5 Å². The highest BCUT2D eigenvalue weighted by Crippen LogP contribution is 2.47. The van der Waals surface area contributed by atoms with Crippen molar-refractivity contribution in [2.75, 3.05) is 19.6 Å². The number of amides is 2. The first-order valence-corrected chi connectivity index (χ1v) is 20.8. The van der Waals surface area contributed by atoms with E-state index < -0.39 is 29.3 Å². The number of carbonyl (C=O) groups is 5. The van der Waals surface area contributed by atoms with Crippen molar-refractivity contribution in [1.82, 2.24) is 15.5 Å². The highest BCUT2D eigenvalue weighted by Gasteiger charge is 2.48. The molecule has 2 aliphatic rings. The predicted octanol–water partition coefficient (Wildman–Crippen LogP) is 7.71. The number of benzene rings is 2. The molecule has 2 aromatic rings. The summed E-state index contributed by atoms with van der Waals surface area (Å²) < 4.78 is 0. The van der Waals surface area contributed by atoms with Gasteiger partial charge in [0.05, 0.1) is 12.1 Å². The average molecular weight is 742 g/mol. The van der Waals surface area contributed by atoms with Crippen molar-refractivity contribution in [3.05, 3.63) is 71.8 Å². The van der Waals surface area contributed by atoms with E-state index in [-0.39, 0.29) is 53.8 Å². The van der Waals surface area contributed by atoms with E-state index in [0.29, 0.717) is 38.5 Å². The first-order valence-electron chi connectivity index (χ1n) is 20.8. The number of rotatable bonds is 24. The third kappa shape index (κ3) is 14.5. The Balaban J connectivity index is 1.48. The van der Waals surface area contributed by atoms with Gasteiger partial charge in [0.25, 0.3) is 0 Å². The third-order valence-electron chi connectivity index (χ3n) is 11.3. The zero-order valence-corrected chi connectivity index (χ0v) is 33.7. The van der Waals surface area contributed by atoms with Crippen LogP contribution >= 0.6 is 0 Å². The first-order chi connectivity index (χ1) is 25.8. The van der Waals surface area contributed by atoms with Gasteiger partial charge in [-0.3, -0.25) is 24.0 Å². The maximum Gasteiger partial charge on any atom is 0.224 e. The summed E-state index contributed by atoms with van der Waals surface area (Å²) in [5, 5.41) is 6.17. The molecule has 1 saturated carbocycles. The number of nitrogens with zero attached hydrogens (tertiary/aromatic N) is 1. The SMILES string of the molecule is CC(C)C[C@H](NC(=O)[C@H](CCc1ccccc1)CC(=O)CCCN1CCCCC1)C(=O)C[C@@H](Cc1ccccc1)C(=O)N[C@@H](CC(C)C)C(=O)C1(C)CC1. The van der Waals surface area contributed by atoms with Crippen LogP contribution < -0.4 is 10.6 Å². The maximum absolute atomic E-state index is 14.3. The Hall–Kier alpha value is -3.65. The molecule has 4 atom stereocenters. The highest BCUT2D eigenvalue weighted by molar-refractivity contribution is 5.97. The van der Waals surface area contributed by atoms with Crippen molar-refractivity contribution in [3.63, 3.8) is 0 Å². The normalized spacial score (nSPS) is 17.7. The van der Waals surface area contributed by atoms with Crippen LogP contribution in [0.1, 0.15) is 123 Å². The molecule has 0 bridgehead atoms. The lowest BCUT2D eigenvalue weighted by Crippen LogP contribution is -2.49. The molecule has 1 saturated heterocycles. The van der Waals surface area contributed by atoms with Crippen molar-refractivity contribution >= 4 is 29.2 Å². The summed E-state index contributed by atoms with van der Waals surface area (Å²) in [6, 6.07) is 18.2. The molecule has 0 aromatic heterocycles. The Kier molecular flexibility index (Phi) is 17.1. The Morgan fingerprint density at radius 3 is 1.85 bits per heavy atom. The second-order valence-corrected chi connectivity index (χ2v) is 17.3. The lowest BCUT2D eigenvalue weighted by molar-refractivity contribution is -0.135. The van der Waals surface area contributed by atoms with Gasteiger partial charge >= 0.3 is 0 Å². The Labute approximate surface area is 325 Å². The smallest absolute Gasteiger partial charge is 0.224 e. The Morgan fingerprint density at radius 2 is 1.26 bits per heavy atom. The molecule has 296 valence electrons. The summed E-state index contributed by atoms with van der Waals surface area (Å²) in [5.74, 6) is -1.60. The molecule has 1 aliphatic heterocycles. The van der Waals surface area contributed by atoms with Crippen LogP contribution in [0.15, 0.2) is 60.7 Å². The fourth-order valence-electron chi connectivity index (χ4n) is 7.79. The minimum atomic E-state index is -0.796. The molecular formula is C46H67N3O5. The number of Topliss-reactive ketones (excluding diaryl/α,β-unsaturated/α-hetero) is 3. The molecule has 2 amide bonds. The van der Waals surface area contributed by atoms with Gasteiger partial charge in [0.2, 0.25) is 11.8 Å².